The maximum absolute atomic E-state index is 10.9. The monoisotopic (exact) mass is 274 g/mol. The summed E-state index contributed by atoms with van der Waals surface area (Å²) in [6, 6.07) is 5.44. The number of hydrogen-bond donors (Lipinski definition) is 1. The maximum Gasteiger partial charge on any atom is 0.273 e. The van der Waals surface area contributed by atoms with Gasteiger partial charge in [-0.1, -0.05) is 6.07 Å². The van der Waals surface area contributed by atoms with E-state index in [1.54, 1.807) is 19.1 Å². The van der Waals surface area contributed by atoms with Gasteiger partial charge in [0.05, 0.1) is 11.5 Å². The minimum atomic E-state index is -0.412. The predicted molar refractivity (Wildman–Crippen MR) is 71.0 cm³/mol. The minimum Gasteiger partial charge on any atom is -0.419 e. The van der Waals surface area contributed by atoms with Gasteiger partial charge in [0.1, 0.15) is 0 Å². The normalized spacial score (nSPS) is 14.4. The van der Waals surface area contributed by atoms with Gasteiger partial charge >= 0.3 is 0 Å². The van der Waals surface area contributed by atoms with E-state index in [0.29, 0.717) is 35.5 Å². The zero-order valence-electron chi connectivity index (χ0n) is 11.0. The molecule has 0 spiro atoms. The highest BCUT2D eigenvalue weighted by molar-refractivity contribution is 5.59. The molecule has 20 heavy (non-hydrogen) atoms. The molecule has 0 unspecified atom stereocenters. The van der Waals surface area contributed by atoms with Crippen LogP contribution in [-0.2, 0) is 6.54 Å². The third-order valence-electron chi connectivity index (χ3n) is 3.24. The van der Waals surface area contributed by atoms with Crippen molar-refractivity contribution < 1.29 is 9.34 Å². The van der Waals surface area contributed by atoms with Crippen LogP contribution in [0.25, 0.3) is 11.5 Å². The Balaban J connectivity index is 1.81. The smallest absolute Gasteiger partial charge is 0.273 e. The first kappa shape index (κ1) is 12.7. The van der Waals surface area contributed by atoms with E-state index in [1.807, 2.05) is 0 Å². The molecule has 1 heterocycles. The summed E-state index contributed by atoms with van der Waals surface area (Å²) in [7, 11) is 0. The van der Waals surface area contributed by atoms with Gasteiger partial charge in [-0.05, 0) is 25.8 Å². The van der Waals surface area contributed by atoms with Crippen molar-refractivity contribution in [1.29, 1.82) is 0 Å². The van der Waals surface area contributed by atoms with Crippen molar-refractivity contribution in [3.63, 3.8) is 0 Å². The van der Waals surface area contributed by atoms with Crippen LogP contribution in [0.5, 0.6) is 0 Å². The van der Waals surface area contributed by atoms with Gasteiger partial charge in [-0.3, -0.25) is 10.1 Å². The van der Waals surface area contributed by atoms with Crippen LogP contribution in [0, 0.1) is 17.0 Å². The zero-order chi connectivity index (χ0) is 14.1. The number of nitro groups is 1. The summed E-state index contributed by atoms with van der Waals surface area (Å²) in [5.74, 6) is 0.802. The average Bonchev–Trinajstić information content (AvgIpc) is 3.14. The molecule has 2 aromatic rings. The van der Waals surface area contributed by atoms with Gasteiger partial charge in [-0.15, -0.1) is 10.2 Å². The van der Waals surface area contributed by atoms with Crippen molar-refractivity contribution in [3.8, 4) is 11.5 Å². The van der Waals surface area contributed by atoms with Gasteiger partial charge in [-0.2, -0.15) is 0 Å². The van der Waals surface area contributed by atoms with Crippen LogP contribution in [-0.4, -0.2) is 21.2 Å². The Morgan fingerprint density at radius 1 is 1.45 bits per heavy atom. The fourth-order valence-electron chi connectivity index (χ4n) is 1.90. The van der Waals surface area contributed by atoms with Crippen LogP contribution >= 0.6 is 0 Å². The molecule has 3 rings (SSSR count). The Morgan fingerprint density at radius 3 is 2.95 bits per heavy atom. The van der Waals surface area contributed by atoms with Gasteiger partial charge in [-0.25, -0.2) is 0 Å². The van der Waals surface area contributed by atoms with E-state index in [2.05, 4.69) is 15.5 Å². The third-order valence-corrected chi connectivity index (χ3v) is 3.24. The molecule has 1 aliphatic carbocycles. The summed E-state index contributed by atoms with van der Waals surface area (Å²) in [6.45, 7) is 2.23. The lowest BCUT2D eigenvalue weighted by Crippen LogP contribution is -2.15. The van der Waals surface area contributed by atoms with Gasteiger partial charge < -0.3 is 9.73 Å². The van der Waals surface area contributed by atoms with Crippen molar-refractivity contribution in [3.05, 3.63) is 39.8 Å². The van der Waals surface area contributed by atoms with E-state index in [4.69, 9.17) is 4.42 Å². The van der Waals surface area contributed by atoms with Crippen LogP contribution < -0.4 is 5.32 Å². The molecule has 1 aromatic carbocycles. The van der Waals surface area contributed by atoms with Crippen molar-refractivity contribution in [1.82, 2.24) is 15.5 Å². The van der Waals surface area contributed by atoms with Gasteiger partial charge in [0.2, 0.25) is 11.8 Å². The number of aryl methyl sites for hydroxylation is 1. The molecule has 0 aliphatic heterocycles. The SMILES string of the molecule is Cc1ccc(-c2nnc(CNC3CC3)o2)cc1[N+](=O)[O-]. The molecule has 104 valence electrons. The van der Waals surface area contributed by atoms with Crippen LogP contribution in [0.15, 0.2) is 22.6 Å². The summed E-state index contributed by atoms with van der Waals surface area (Å²) < 4.78 is 5.52. The Hall–Kier alpha value is -2.28. The molecule has 7 nitrogen and oxygen atoms in total. The third kappa shape index (κ3) is 2.67. The van der Waals surface area contributed by atoms with Crippen molar-refractivity contribution in [2.24, 2.45) is 0 Å². The Labute approximate surface area is 115 Å². The standard InChI is InChI=1S/C13H14N4O3/c1-8-2-3-9(6-11(8)17(18)19)13-16-15-12(20-13)7-14-10-4-5-10/h2-3,6,10,14H,4-5,7H2,1H3. The first-order valence-electron chi connectivity index (χ1n) is 6.44. The second-order valence-electron chi connectivity index (χ2n) is 4.91. The molecular formula is C13H14N4O3. The van der Waals surface area contributed by atoms with Crippen LogP contribution in [0.3, 0.4) is 0 Å². The highest BCUT2D eigenvalue weighted by Crippen LogP contribution is 2.26. The predicted octanol–water partition coefficient (Wildman–Crippen LogP) is 2.21. The molecule has 0 bridgehead atoms. The Kier molecular flexibility index (Phi) is 3.19. The van der Waals surface area contributed by atoms with E-state index in [9.17, 15) is 10.1 Å². The largest absolute Gasteiger partial charge is 0.419 e. The quantitative estimate of drug-likeness (QED) is 0.663. The van der Waals surface area contributed by atoms with Crippen molar-refractivity contribution in [2.75, 3.05) is 0 Å². The van der Waals surface area contributed by atoms with E-state index in [1.165, 1.54) is 18.9 Å². The molecule has 0 amide bonds. The number of rotatable bonds is 5. The topological polar surface area (TPSA) is 94.1 Å². The molecule has 1 aromatic heterocycles. The molecule has 0 atom stereocenters. The summed E-state index contributed by atoms with van der Waals surface area (Å²) in [4.78, 5) is 10.5. The lowest BCUT2D eigenvalue weighted by atomic mass is 10.1. The number of benzene rings is 1. The first-order valence-corrected chi connectivity index (χ1v) is 6.44. The fourth-order valence-corrected chi connectivity index (χ4v) is 1.90. The Morgan fingerprint density at radius 2 is 2.25 bits per heavy atom. The number of nitrogens with one attached hydrogen (secondary N) is 1. The zero-order valence-corrected chi connectivity index (χ0v) is 11.0. The molecule has 7 heteroatoms. The van der Waals surface area contributed by atoms with Gasteiger partial charge in [0.15, 0.2) is 0 Å². The van der Waals surface area contributed by atoms with Crippen molar-refractivity contribution >= 4 is 5.69 Å². The van der Waals surface area contributed by atoms with Crippen molar-refractivity contribution in [2.45, 2.75) is 32.4 Å². The molecule has 0 radical (unpaired) electrons. The van der Waals surface area contributed by atoms with E-state index >= 15 is 0 Å². The summed E-state index contributed by atoms with van der Waals surface area (Å²) in [6.07, 6.45) is 2.37. The lowest BCUT2D eigenvalue weighted by molar-refractivity contribution is -0.385. The molecule has 1 N–H and O–H groups in total. The molecule has 1 saturated carbocycles. The highest BCUT2D eigenvalue weighted by atomic mass is 16.6. The lowest BCUT2D eigenvalue weighted by Gasteiger charge is -1.99. The number of nitrogens with zero attached hydrogens (tertiary/aromatic N) is 3. The van der Waals surface area contributed by atoms with Gasteiger partial charge in [0.25, 0.3) is 5.69 Å². The second-order valence-corrected chi connectivity index (χ2v) is 4.91. The van der Waals surface area contributed by atoms with E-state index < -0.39 is 4.92 Å². The van der Waals surface area contributed by atoms with Crippen LogP contribution in [0.2, 0.25) is 0 Å². The first-order chi connectivity index (χ1) is 9.63. The van der Waals surface area contributed by atoms with Crippen LogP contribution in [0.1, 0.15) is 24.3 Å². The second kappa shape index (κ2) is 5.01. The molecule has 1 fully saturated rings. The molecule has 1 aliphatic rings. The molecular weight excluding hydrogens is 260 g/mol. The minimum absolute atomic E-state index is 0.0540. The highest BCUT2D eigenvalue weighted by Gasteiger charge is 2.21. The van der Waals surface area contributed by atoms with E-state index in [-0.39, 0.29) is 5.69 Å². The summed E-state index contributed by atoms with van der Waals surface area (Å²) >= 11 is 0. The summed E-state index contributed by atoms with van der Waals surface area (Å²) in [5, 5.41) is 22.1. The van der Waals surface area contributed by atoms with Gasteiger partial charge in [0, 0.05) is 23.2 Å². The maximum atomic E-state index is 10.9. The average molecular weight is 274 g/mol. The number of nitro benzene ring substituents is 1. The van der Waals surface area contributed by atoms with E-state index in [0.717, 1.165) is 0 Å². The molecule has 0 saturated heterocycles. The number of hydrogen-bond acceptors (Lipinski definition) is 6. The summed E-state index contributed by atoms with van der Waals surface area (Å²) in [5.41, 5.74) is 1.22. The Bertz CT molecular complexity index is 649. The fraction of sp³-hybridized carbons (Fsp3) is 0.385. The van der Waals surface area contributed by atoms with Crippen LogP contribution in [0.4, 0.5) is 5.69 Å². The number of aromatic nitrogens is 2.